The summed E-state index contributed by atoms with van der Waals surface area (Å²) in [6.07, 6.45) is 5.72. The molecule has 0 bridgehead atoms. The van der Waals surface area contributed by atoms with Crippen LogP contribution in [0.1, 0.15) is 77.3 Å². The lowest BCUT2D eigenvalue weighted by atomic mass is 9.82. The van der Waals surface area contributed by atoms with E-state index in [-0.39, 0.29) is 17.7 Å². The summed E-state index contributed by atoms with van der Waals surface area (Å²) in [6, 6.07) is 14.7. The van der Waals surface area contributed by atoms with Gasteiger partial charge in [0.05, 0.1) is 19.8 Å². The first-order valence-corrected chi connectivity index (χ1v) is 16.3. The van der Waals surface area contributed by atoms with E-state index in [9.17, 15) is 9.90 Å². The number of benzene rings is 2. The van der Waals surface area contributed by atoms with Crippen LogP contribution in [0.2, 0.25) is 0 Å². The highest BCUT2D eigenvalue weighted by Gasteiger charge is 2.26. The third-order valence-electron chi connectivity index (χ3n) is 8.81. The van der Waals surface area contributed by atoms with Crippen LogP contribution < -0.4 is 19.7 Å². The van der Waals surface area contributed by atoms with E-state index >= 15 is 0 Å². The van der Waals surface area contributed by atoms with Crippen LogP contribution >= 0.6 is 0 Å². The van der Waals surface area contributed by atoms with E-state index in [2.05, 4.69) is 74.3 Å². The minimum Gasteiger partial charge on any atom is -0.493 e. The number of carbonyl (C=O) groups excluding carboxylic acids is 1. The third kappa shape index (κ3) is 11.3. The number of nitrogens with zero attached hydrogens (tertiary/aromatic N) is 1. The molecule has 3 atom stereocenters. The predicted octanol–water partition coefficient (Wildman–Crippen LogP) is 6.65. The topological polar surface area (TPSA) is 80.3 Å². The number of anilines is 1. The van der Waals surface area contributed by atoms with Crippen LogP contribution in [0.15, 0.2) is 42.5 Å². The molecule has 1 amide bonds. The Balaban J connectivity index is 1.53. The van der Waals surface area contributed by atoms with Gasteiger partial charge in [0.1, 0.15) is 0 Å². The Morgan fingerprint density at radius 1 is 0.930 bits per heavy atom. The average molecular weight is 597 g/mol. The fraction of sp³-hybridized carbons (Fsp3) is 0.639. The lowest BCUT2D eigenvalue weighted by molar-refractivity contribution is -0.127. The van der Waals surface area contributed by atoms with Crippen LogP contribution in [0.3, 0.4) is 0 Å². The molecule has 2 aromatic rings. The summed E-state index contributed by atoms with van der Waals surface area (Å²) in [6.45, 7) is 12.6. The molecule has 1 heterocycles. The molecule has 0 spiro atoms. The molecular weight excluding hydrogens is 540 g/mol. The Labute approximate surface area is 260 Å². The number of hydrogen-bond donors (Lipinski definition) is 2. The van der Waals surface area contributed by atoms with E-state index in [1.165, 1.54) is 24.1 Å². The second-order valence-corrected chi connectivity index (χ2v) is 12.8. The largest absolute Gasteiger partial charge is 0.493 e. The van der Waals surface area contributed by atoms with Gasteiger partial charge >= 0.3 is 0 Å². The maximum atomic E-state index is 13.3. The van der Waals surface area contributed by atoms with Gasteiger partial charge in [0.15, 0.2) is 11.5 Å². The highest BCUT2D eigenvalue weighted by molar-refractivity contribution is 5.79. The summed E-state index contributed by atoms with van der Waals surface area (Å²) < 4.78 is 16.6. The monoisotopic (exact) mass is 596 g/mol. The number of hydrogen-bond acceptors (Lipinski definition) is 6. The molecule has 1 saturated heterocycles. The fourth-order valence-electron chi connectivity index (χ4n) is 5.98. The maximum absolute atomic E-state index is 13.3. The van der Waals surface area contributed by atoms with Gasteiger partial charge in [-0.1, -0.05) is 45.9 Å². The second kappa shape index (κ2) is 18.1. The van der Waals surface area contributed by atoms with Gasteiger partial charge < -0.3 is 29.5 Å². The smallest absolute Gasteiger partial charge is 0.223 e. The van der Waals surface area contributed by atoms with Crippen molar-refractivity contribution in [2.75, 3.05) is 45.4 Å². The molecule has 3 rings (SSSR count). The van der Waals surface area contributed by atoms with Crippen molar-refractivity contribution < 1.29 is 24.1 Å². The second-order valence-electron chi connectivity index (χ2n) is 12.8. The maximum Gasteiger partial charge on any atom is 0.223 e. The van der Waals surface area contributed by atoms with Crippen LogP contribution in [-0.4, -0.2) is 57.6 Å². The Hall–Kier alpha value is -2.77. The predicted molar refractivity (Wildman–Crippen MR) is 175 cm³/mol. The Kier molecular flexibility index (Phi) is 14.6. The van der Waals surface area contributed by atoms with Crippen molar-refractivity contribution in [1.82, 2.24) is 5.32 Å². The van der Waals surface area contributed by atoms with Crippen LogP contribution in [0.25, 0.3) is 0 Å². The van der Waals surface area contributed by atoms with E-state index in [1.54, 1.807) is 14.2 Å². The standard InChI is InChI=1S/C36H56N2O5/c1-26(2)30(21-28-13-16-34(42-6)35(23-28)43-20-10-19-41-5)14-15-32(39)24-33(27(3)4)36(40)37-25-29-11-9-12-31(22-29)38-17-7-8-18-38/h9,11-13,16,22-23,26-27,30,32-33,39H,7-8,10,14-15,17-21,24-25H2,1-6H3,(H,37,40)/t30-,32-,33+/m1/s1. The van der Waals surface area contributed by atoms with Gasteiger partial charge in [0.2, 0.25) is 5.91 Å². The number of carbonyl (C=O) groups is 1. The number of amides is 1. The van der Waals surface area contributed by atoms with Crippen molar-refractivity contribution in [1.29, 1.82) is 0 Å². The van der Waals surface area contributed by atoms with Crippen molar-refractivity contribution in [3.05, 3.63) is 53.6 Å². The zero-order valence-electron chi connectivity index (χ0n) is 27.4. The first-order chi connectivity index (χ1) is 20.7. The summed E-state index contributed by atoms with van der Waals surface area (Å²) >= 11 is 0. The Morgan fingerprint density at radius 3 is 2.37 bits per heavy atom. The molecule has 0 radical (unpaired) electrons. The van der Waals surface area contributed by atoms with Crippen molar-refractivity contribution in [2.45, 2.75) is 85.3 Å². The van der Waals surface area contributed by atoms with E-state index in [0.717, 1.165) is 49.4 Å². The zero-order chi connectivity index (χ0) is 31.2. The molecule has 240 valence electrons. The molecule has 7 nitrogen and oxygen atoms in total. The van der Waals surface area contributed by atoms with Gasteiger partial charge in [-0.2, -0.15) is 0 Å². The van der Waals surface area contributed by atoms with Gasteiger partial charge in [-0.25, -0.2) is 0 Å². The van der Waals surface area contributed by atoms with E-state index < -0.39 is 6.10 Å². The van der Waals surface area contributed by atoms with Crippen LogP contribution in [0.4, 0.5) is 5.69 Å². The lowest BCUT2D eigenvalue weighted by Crippen LogP contribution is -2.35. The molecule has 2 N–H and O–H groups in total. The zero-order valence-corrected chi connectivity index (χ0v) is 27.4. The number of rotatable bonds is 19. The number of aliphatic hydroxyl groups excluding tert-OH is 1. The molecule has 0 aromatic heterocycles. The molecule has 1 aliphatic heterocycles. The SMILES string of the molecule is COCCCOc1cc(C[C@@H](CC[C@@H](O)C[C@H](C(=O)NCc2cccc(N3CCCC3)c2)C(C)C)C(C)C)ccc1OC. The molecular formula is C36H56N2O5. The quantitative estimate of drug-likeness (QED) is 0.177. The molecule has 0 unspecified atom stereocenters. The van der Waals surface area contributed by atoms with Gasteiger partial charge in [0.25, 0.3) is 0 Å². The Bertz CT molecular complexity index is 1100. The number of nitrogens with one attached hydrogen (secondary N) is 1. The van der Waals surface area contributed by atoms with E-state index in [4.69, 9.17) is 14.2 Å². The minimum atomic E-state index is -0.520. The van der Waals surface area contributed by atoms with Crippen LogP contribution in [0.5, 0.6) is 11.5 Å². The highest BCUT2D eigenvalue weighted by Crippen LogP contribution is 2.32. The Morgan fingerprint density at radius 2 is 1.70 bits per heavy atom. The first kappa shape index (κ1) is 34.7. The van der Waals surface area contributed by atoms with Gasteiger partial charge in [-0.05, 0) is 91.7 Å². The molecule has 1 fully saturated rings. The number of ether oxygens (including phenoxy) is 3. The molecule has 0 aliphatic carbocycles. The first-order valence-electron chi connectivity index (χ1n) is 16.3. The minimum absolute atomic E-state index is 0.0253. The molecule has 0 saturated carbocycles. The summed E-state index contributed by atoms with van der Waals surface area (Å²) in [7, 11) is 3.35. The summed E-state index contributed by atoms with van der Waals surface area (Å²) in [4.78, 5) is 15.7. The molecule has 7 heteroatoms. The molecule has 43 heavy (non-hydrogen) atoms. The van der Waals surface area contributed by atoms with Crippen molar-refractivity contribution in [3.63, 3.8) is 0 Å². The summed E-state index contributed by atoms with van der Waals surface area (Å²) in [5, 5.41) is 14.2. The van der Waals surface area contributed by atoms with Gasteiger partial charge in [0, 0.05) is 51.4 Å². The van der Waals surface area contributed by atoms with Crippen LogP contribution in [0, 0.1) is 23.7 Å². The van der Waals surface area contributed by atoms with E-state index in [0.29, 0.717) is 44.4 Å². The average Bonchev–Trinajstić information content (AvgIpc) is 3.54. The van der Waals surface area contributed by atoms with Crippen molar-refractivity contribution in [2.24, 2.45) is 23.7 Å². The highest BCUT2D eigenvalue weighted by atomic mass is 16.5. The summed E-state index contributed by atoms with van der Waals surface area (Å²) in [5.41, 5.74) is 3.55. The molecule has 1 aliphatic rings. The summed E-state index contributed by atoms with van der Waals surface area (Å²) in [5.74, 6) is 2.29. The number of methoxy groups -OCH3 is 2. The van der Waals surface area contributed by atoms with Crippen LogP contribution in [-0.2, 0) is 22.5 Å². The number of aliphatic hydroxyl groups is 1. The fourth-order valence-corrected chi connectivity index (χ4v) is 5.98. The van der Waals surface area contributed by atoms with Gasteiger partial charge in [-0.3, -0.25) is 4.79 Å². The lowest BCUT2D eigenvalue weighted by Gasteiger charge is -2.26. The normalized spacial score (nSPS) is 15.5. The van der Waals surface area contributed by atoms with Gasteiger partial charge in [-0.15, -0.1) is 0 Å². The van der Waals surface area contributed by atoms with Crippen molar-refractivity contribution >= 4 is 11.6 Å². The van der Waals surface area contributed by atoms with E-state index in [1.807, 2.05) is 6.07 Å². The third-order valence-corrected chi connectivity index (χ3v) is 8.81. The molecule has 2 aromatic carbocycles. The van der Waals surface area contributed by atoms with Crippen molar-refractivity contribution in [3.8, 4) is 11.5 Å².